The second-order valence-corrected chi connectivity index (χ2v) is 5.56. The minimum absolute atomic E-state index is 1.16. The van der Waals surface area contributed by atoms with Crippen LogP contribution in [0.25, 0.3) is 0 Å². The standard InChI is InChI=1S/C12H15BrS/c1-2-3-5-10-12(13)14-11-8-6-4-7-9-11/h4,6-10H,2-3,5H2,1H3/b12-10-. The van der Waals surface area contributed by atoms with Gasteiger partial charge in [-0.1, -0.05) is 55.8 Å². The molecule has 0 heterocycles. The summed E-state index contributed by atoms with van der Waals surface area (Å²) in [6.07, 6.45) is 5.94. The normalized spacial score (nSPS) is 11.7. The first-order valence-corrected chi connectivity index (χ1v) is 6.52. The molecule has 0 radical (unpaired) electrons. The van der Waals surface area contributed by atoms with Gasteiger partial charge in [-0.3, -0.25) is 0 Å². The van der Waals surface area contributed by atoms with Crippen LogP contribution in [0.5, 0.6) is 0 Å². The van der Waals surface area contributed by atoms with Crippen molar-refractivity contribution >= 4 is 27.7 Å². The van der Waals surface area contributed by atoms with Crippen molar-refractivity contribution in [2.45, 2.75) is 31.1 Å². The molecule has 0 aromatic heterocycles. The van der Waals surface area contributed by atoms with Crippen molar-refractivity contribution in [3.63, 3.8) is 0 Å². The Morgan fingerprint density at radius 2 is 2.07 bits per heavy atom. The van der Waals surface area contributed by atoms with Crippen LogP contribution in [0.4, 0.5) is 0 Å². The lowest BCUT2D eigenvalue weighted by atomic mass is 10.2. The molecular formula is C12H15BrS. The van der Waals surface area contributed by atoms with E-state index in [4.69, 9.17) is 0 Å². The molecule has 0 nitrogen and oxygen atoms in total. The number of thioether (sulfide) groups is 1. The topological polar surface area (TPSA) is 0 Å². The number of hydrogen-bond donors (Lipinski definition) is 0. The first-order chi connectivity index (χ1) is 6.83. The molecule has 1 rings (SSSR count). The third-order valence-corrected chi connectivity index (χ3v) is 3.50. The lowest BCUT2D eigenvalue weighted by molar-refractivity contribution is 0.815. The number of rotatable bonds is 5. The van der Waals surface area contributed by atoms with Crippen molar-refractivity contribution in [2.75, 3.05) is 0 Å². The van der Waals surface area contributed by atoms with Crippen LogP contribution in [0.1, 0.15) is 26.2 Å². The van der Waals surface area contributed by atoms with E-state index in [1.807, 2.05) is 6.07 Å². The molecular weight excluding hydrogens is 256 g/mol. The molecule has 0 atom stereocenters. The highest BCUT2D eigenvalue weighted by molar-refractivity contribution is 9.14. The number of hydrogen-bond acceptors (Lipinski definition) is 1. The van der Waals surface area contributed by atoms with E-state index in [0.717, 1.165) is 6.42 Å². The zero-order chi connectivity index (χ0) is 10.2. The highest BCUT2D eigenvalue weighted by Gasteiger charge is 1.95. The van der Waals surface area contributed by atoms with Crippen molar-refractivity contribution in [3.05, 3.63) is 40.2 Å². The summed E-state index contributed by atoms with van der Waals surface area (Å²) in [7, 11) is 0. The average Bonchev–Trinajstić information content (AvgIpc) is 2.20. The fraction of sp³-hybridized carbons (Fsp3) is 0.333. The number of benzene rings is 1. The van der Waals surface area contributed by atoms with Gasteiger partial charge in [-0.25, -0.2) is 0 Å². The number of allylic oxidation sites excluding steroid dienone is 1. The average molecular weight is 271 g/mol. The van der Waals surface area contributed by atoms with Crippen molar-refractivity contribution in [1.82, 2.24) is 0 Å². The quantitative estimate of drug-likeness (QED) is 0.523. The molecule has 0 N–H and O–H groups in total. The second-order valence-electron chi connectivity index (χ2n) is 3.07. The summed E-state index contributed by atoms with van der Waals surface area (Å²) in [5.74, 6) is 0. The molecule has 0 aliphatic carbocycles. The fourth-order valence-electron chi connectivity index (χ4n) is 1.06. The molecule has 0 amide bonds. The zero-order valence-corrected chi connectivity index (χ0v) is 10.8. The summed E-state index contributed by atoms with van der Waals surface area (Å²) < 4.78 is 1.22. The molecule has 0 saturated carbocycles. The van der Waals surface area contributed by atoms with E-state index in [2.05, 4.69) is 53.2 Å². The van der Waals surface area contributed by atoms with Crippen molar-refractivity contribution in [1.29, 1.82) is 0 Å². The van der Waals surface area contributed by atoms with Crippen LogP contribution < -0.4 is 0 Å². The third-order valence-electron chi connectivity index (χ3n) is 1.82. The van der Waals surface area contributed by atoms with Gasteiger partial charge < -0.3 is 0 Å². The summed E-state index contributed by atoms with van der Waals surface area (Å²) in [6.45, 7) is 2.21. The highest BCUT2D eigenvalue weighted by atomic mass is 79.9. The smallest absolute Gasteiger partial charge is 0.0511 e. The Morgan fingerprint density at radius 1 is 1.36 bits per heavy atom. The van der Waals surface area contributed by atoms with Gasteiger partial charge in [0.05, 0.1) is 3.81 Å². The predicted molar refractivity (Wildman–Crippen MR) is 68.8 cm³/mol. The molecule has 0 spiro atoms. The molecule has 0 aliphatic rings. The monoisotopic (exact) mass is 270 g/mol. The Hall–Kier alpha value is -0.210. The van der Waals surface area contributed by atoms with Crippen LogP contribution >= 0.6 is 27.7 Å². The molecule has 0 bridgehead atoms. The lowest BCUT2D eigenvalue weighted by Gasteiger charge is -1.99. The van der Waals surface area contributed by atoms with Crippen LogP contribution in [-0.2, 0) is 0 Å². The van der Waals surface area contributed by atoms with E-state index in [0.29, 0.717) is 0 Å². The maximum atomic E-state index is 3.57. The van der Waals surface area contributed by atoms with E-state index in [1.165, 1.54) is 21.6 Å². The largest absolute Gasteiger partial charge is 0.0828 e. The van der Waals surface area contributed by atoms with Gasteiger partial charge in [0.2, 0.25) is 0 Å². The maximum absolute atomic E-state index is 3.57. The van der Waals surface area contributed by atoms with Crippen LogP contribution in [0.15, 0.2) is 45.1 Å². The fourth-order valence-corrected chi connectivity index (χ4v) is 2.57. The molecule has 0 aliphatic heterocycles. The van der Waals surface area contributed by atoms with Gasteiger partial charge >= 0.3 is 0 Å². The number of unbranched alkanes of at least 4 members (excludes halogenated alkanes) is 2. The summed E-state index contributed by atoms with van der Waals surface area (Å²) in [6, 6.07) is 10.4. The van der Waals surface area contributed by atoms with Gasteiger partial charge in [0.1, 0.15) is 0 Å². The lowest BCUT2D eigenvalue weighted by Crippen LogP contribution is -1.71. The van der Waals surface area contributed by atoms with E-state index >= 15 is 0 Å². The second kappa shape index (κ2) is 7.13. The van der Waals surface area contributed by atoms with Gasteiger partial charge in [0.25, 0.3) is 0 Å². The number of halogens is 1. The summed E-state index contributed by atoms with van der Waals surface area (Å²) in [5.41, 5.74) is 0. The molecule has 0 fully saturated rings. The highest BCUT2D eigenvalue weighted by Crippen LogP contribution is 2.30. The van der Waals surface area contributed by atoms with Gasteiger partial charge in [0, 0.05) is 4.90 Å². The van der Waals surface area contributed by atoms with Gasteiger partial charge in [-0.05, 0) is 34.5 Å². The van der Waals surface area contributed by atoms with Gasteiger partial charge in [0.15, 0.2) is 0 Å². The van der Waals surface area contributed by atoms with Crippen molar-refractivity contribution in [2.24, 2.45) is 0 Å². The molecule has 1 aromatic rings. The van der Waals surface area contributed by atoms with Gasteiger partial charge in [-0.15, -0.1) is 0 Å². The van der Waals surface area contributed by atoms with E-state index in [9.17, 15) is 0 Å². The summed E-state index contributed by atoms with van der Waals surface area (Å²) >= 11 is 5.34. The van der Waals surface area contributed by atoms with Crippen LogP contribution in [0.3, 0.4) is 0 Å². The Labute approximate surface area is 98.9 Å². The van der Waals surface area contributed by atoms with Crippen molar-refractivity contribution < 1.29 is 0 Å². The summed E-state index contributed by atoms with van der Waals surface area (Å²) in [4.78, 5) is 1.28. The molecule has 1 aromatic carbocycles. The molecule has 2 heteroatoms. The third kappa shape index (κ3) is 4.87. The van der Waals surface area contributed by atoms with Crippen molar-refractivity contribution in [3.8, 4) is 0 Å². The Balaban J connectivity index is 2.40. The zero-order valence-electron chi connectivity index (χ0n) is 8.37. The Bertz CT molecular complexity index is 280. The Kier molecular flexibility index (Phi) is 6.04. The van der Waals surface area contributed by atoms with Crippen LogP contribution in [0.2, 0.25) is 0 Å². The first-order valence-electron chi connectivity index (χ1n) is 4.91. The molecule has 0 unspecified atom stereocenters. The predicted octanol–water partition coefficient (Wildman–Crippen LogP) is 5.21. The van der Waals surface area contributed by atoms with E-state index < -0.39 is 0 Å². The van der Waals surface area contributed by atoms with E-state index in [-0.39, 0.29) is 0 Å². The first kappa shape index (κ1) is 11.9. The van der Waals surface area contributed by atoms with E-state index in [1.54, 1.807) is 11.8 Å². The van der Waals surface area contributed by atoms with Gasteiger partial charge in [-0.2, -0.15) is 0 Å². The minimum atomic E-state index is 1.16. The molecule has 76 valence electrons. The maximum Gasteiger partial charge on any atom is 0.0511 e. The minimum Gasteiger partial charge on any atom is -0.0828 e. The molecule has 0 saturated heterocycles. The Morgan fingerprint density at radius 3 is 2.71 bits per heavy atom. The summed E-state index contributed by atoms with van der Waals surface area (Å²) in [5, 5.41) is 0. The SMILES string of the molecule is CCCC/C=C(/Br)Sc1ccccc1. The van der Waals surface area contributed by atoms with Crippen LogP contribution in [0, 0.1) is 0 Å². The molecule has 14 heavy (non-hydrogen) atoms. The van der Waals surface area contributed by atoms with Crippen LogP contribution in [-0.4, -0.2) is 0 Å².